The molecule has 1 atom stereocenters. The maximum atomic E-state index is 12.8. The van der Waals surface area contributed by atoms with Crippen LogP contribution in [0.5, 0.6) is 0 Å². The summed E-state index contributed by atoms with van der Waals surface area (Å²) in [6, 6.07) is 15.9. The molecule has 1 aromatic heterocycles. The van der Waals surface area contributed by atoms with Gasteiger partial charge in [0.15, 0.2) is 5.13 Å². The van der Waals surface area contributed by atoms with Crippen molar-refractivity contribution < 1.29 is 9.59 Å². The van der Waals surface area contributed by atoms with Gasteiger partial charge in [-0.15, -0.1) is 11.3 Å². The number of hydrogen-bond acceptors (Lipinski definition) is 6. The van der Waals surface area contributed by atoms with Gasteiger partial charge in [0.1, 0.15) is 6.04 Å². The molecule has 3 aromatic rings. The topological polar surface area (TPSA) is 97.1 Å². The number of thioether (sulfide) groups is 1. The first-order chi connectivity index (χ1) is 14.1. The number of para-hydroxylation sites is 1. The molecule has 0 bridgehead atoms. The van der Waals surface area contributed by atoms with Crippen LogP contribution in [0.2, 0.25) is 0 Å². The Morgan fingerprint density at radius 1 is 1.14 bits per heavy atom. The van der Waals surface area contributed by atoms with E-state index in [0.717, 1.165) is 17.0 Å². The quantitative estimate of drug-likeness (QED) is 0.475. The lowest BCUT2D eigenvalue weighted by atomic mass is 10.1. The van der Waals surface area contributed by atoms with Gasteiger partial charge in [0.05, 0.1) is 11.3 Å². The second-order valence-electron chi connectivity index (χ2n) is 6.29. The largest absolute Gasteiger partial charge is 0.398 e. The predicted octanol–water partition coefficient (Wildman–Crippen LogP) is 3.88. The van der Waals surface area contributed by atoms with E-state index in [2.05, 4.69) is 15.6 Å². The Labute approximate surface area is 177 Å². The number of anilines is 2. The Morgan fingerprint density at radius 3 is 2.59 bits per heavy atom. The molecule has 3 rings (SSSR count). The highest BCUT2D eigenvalue weighted by Crippen LogP contribution is 2.24. The van der Waals surface area contributed by atoms with Crippen LogP contribution in [0.4, 0.5) is 10.8 Å². The number of nitrogens with one attached hydrogen (secondary N) is 2. The molecule has 4 N–H and O–H groups in total. The molecule has 0 aliphatic rings. The van der Waals surface area contributed by atoms with E-state index in [1.807, 2.05) is 42.0 Å². The van der Waals surface area contributed by atoms with E-state index in [0.29, 0.717) is 22.8 Å². The molecule has 0 saturated heterocycles. The van der Waals surface area contributed by atoms with Gasteiger partial charge >= 0.3 is 0 Å². The van der Waals surface area contributed by atoms with Gasteiger partial charge in [0, 0.05) is 16.6 Å². The minimum absolute atomic E-state index is 0.295. The predicted molar refractivity (Wildman–Crippen MR) is 121 cm³/mol. The lowest BCUT2D eigenvalue weighted by molar-refractivity contribution is -0.118. The Kier molecular flexibility index (Phi) is 7.26. The third kappa shape index (κ3) is 5.58. The number of aromatic nitrogens is 1. The molecule has 2 amide bonds. The first-order valence-electron chi connectivity index (χ1n) is 9.04. The molecule has 29 heavy (non-hydrogen) atoms. The first-order valence-corrected chi connectivity index (χ1v) is 11.3. The highest BCUT2D eigenvalue weighted by molar-refractivity contribution is 7.98. The van der Waals surface area contributed by atoms with Crippen molar-refractivity contribution >= 4 is 45.7 Å². The van der Waals surface area contributed by atoms with E-state index in [9.17, 15) is 9.59 Å². The van der Waals surface area contributed by atoms with Crippen LogP contribution in [0.1, 0.15) is 16.8 Å². The van der Waals surface area contributed by atoms with Crippen molar-refractivity contribution in [3.05, 3.63) is 65.5 Å². The summed E-state index contributed by atoms with van der Waals surface area (Å²) in [5, 5.41) is 8.02. The van der Waals surface area contributed by atoms with Crippen LogP contribution in [0.15, 0.2) is 60.0 Å². The Bertz CT molecular complexity index is 976. The zero-order valence-corrected chi connectivity index (χ0v) is 17.6. The van der Waals surface area contributed by atoms with Crippen molar-refractivity contribution in [3.63, 3.8) is 0 Å². The third-order valence-corrected chi connectivity index (χ3v) is 5.64. The standard InChI is InChI=1S/C21H22N4O2S2/c1-28-12-11-17(23-19(26)15-9-5-6-10-16(15)22)20(27)25-21-24-18(13-29-21)14-7-3-2-4-8-14/h2-10,13,17H,11-12,22H2,1H3,(H,23,26)(H,24,25,27)/t17-/m0/s1. The van der Waals surface area contributed by atoms with Crippen LogP contribution in [-0.2, 0) is 4.79 Å². The number of nitrogens with two attached hydrogens (primary N) is 1. The molecule has 0 unspecified atom stereocenters. The highest BCUT2D eigenvalue weighted by Gasteiger charge is 2.23. The van der Waals surface area contributed by atoms with Crippen LogP contribution in [0, 0.1) is 0 Å². The van der Waals surface area contributed by atoms with Crippen molar-refractivity contribution in [1.29, 1.82) is 0 Å². The normalized spacial score (nSPS) is 11.6. The molecule has 0 spiro atoms. The number of rotatable bonds is 8. The van der Waals surface area contributed by atoms with Crippen LogP contribution in [0.3, 0.4) is 0 Å². The van der Waals surface area contributed by atoms with Gasteiger partial charge in [-0.2, -0.15) is 11.8 Å². The lowest BCUT2D eigenvalue weighted by Crippen LogP contribution is -2.44. The van der Waals surface area contributed by atoms with Gasteiger partial charge in [0.2, 0.25) is 5.91 Å². The second-order valence-corrected chi connectivity index (χ2v) is 8.13. The smallest absolute Gasteiger partial charge is 0.254 e. The third-order valence-electron chi connectivity index (χ3n) is 4.24. The summed E-state index contributed by atoms with van der Waals surface area (Å²) < 4.78 is 0. The number of carbonyl (C=O) groups is 2. The number of nitrogens with zero attached hydrogens (tertiary/aromatic N) is 1. The molecular formula is C21H22N4O2S2. The number of amides is 2. The molecular weight excluding hydrogens is 404 g/mol. The molecule has 0 fully saturated rings. The number of benzene rings is 2. The Morgan fingerprint density at radius 2 is 1.86 bits per heavy atom. The summed E-state index contributed by atoms with van der Waals surface area (Å²) in [7, 11) is 0. The number of carbonyl (C=O) groups excluding carboxylic acids is 2. The molecule has 2 aromatic carbocycles. The maximum absolute atomic E-state index is 12.8. The van der Waals surface area contributed by atoms with E-state index in [1.54, 1.807) is 36.0 Å². The minimum atomic E-state index is -0.682. The van der Waals surface area contributed by atoms with Crippen molar-refractivity contribution in [2.24, 2.45) is 0 Å². The van der Waals surface area contributed by atoms with Gasteiger partial charge in [-0.25, -0.2) is 4.98 Å². The van der Waals surface area contributed by atoms with Crippen LogP contribution < -0.4 is 16.4 Å². The van der Waals surface area contributed by atoms with E-state index in [1.165, 1.54) is 11.3 Å². The van der Waals surface area contributed by atoms with Crippen LogP contribution in [-0.4, -0.2) is 34.8 Å². The highest BCUT2D eigenvalue weighted by atomic mass is 32.2. The molecule has 8 heteroatoms. The summed E-state index contributed by atoms with van der Waals surface area (Å²) in [6.45, 7) is 0. The summed E-state index contributed by atoms with van der Waals surface area (Å²) in [4.78, 5) is 29.9. The minimum Gasteiger partial charge on any atom is -0.398 e. The molecule has 0 saturated carbocycles. The second kappa shape index (κ2) is 10.1. The number of nitrogen functional groups attached to an aromatic ring is 1. The average Bonchev–Trinajstić information content (AvgIpc) is 3.20. The van der Waals surface area contributed by atoms with E-state index in [4.69, 9.17) is 5.73 Å². The molecule has 1 heterocycles. The fraction of sp³-hybridized carbons (Fsp3) is 0.190. The fourth-order valence-electron chi connectivity index (χ4n) is 2.71. The van der Waals surface area contributed by atoms with Gasteiger partial charge in [0.25, 0.3) is 5.91 Å². The van der Waals surface area contributed by atoms with Crippen molar-refractivity contribution in [2.75, 3.05) is 23.1 Å². The summed E-state index contributed by atoms with van der Waals surface area (Å²) >= 11 is 2.96. The van der Waals surface area contributed by atoms with Crippen molar-refractivity contribution in [3.8, 4) is 11.3 Å². The molecule has 6 nitrogen and oxygen atoms in total. The van der Waals surface area contributed by atoms with Gasteiger partial charge in [-0.3, -0.25) is 9.59 Å². The zero-order chi connectivity index (χ0) is 20.6. The Hall–Kier alpha value is -2.84. The maximum Gasteiger partial charge on any atom is 0.254 e. The summed E-state index contributed by atoms with van der Waals surface area (Å²) in [5.41, 5.74) is 8.40. The van der Waals surface area contributed by atoms with Crippen LogP contribution in [0.25, 0.3) is 11.3 Å². The van der Waals surface area contributed by atoms with Gasteiger partial charge in [-0.1, -0.05) is 42.5 Å². The molecule has 150 valence electrons. The zero-order valence-electron chi connectivity index (χ0n) is 15.9. The van der Waals surface area contributed by atoms with Gasteiger partial charge in [-0.05, 0) is 30.6 Å². The monoisotopic (exact) mass is 426 g/mol. The molecule has 0 radical (unpaired) electrons. The fourth-order valence-corrected chi connectivity index (χ4v) is 3.90. The summed E-state index contributed by atoms with van der Waals surface area (Å²) in [6.07, 6.45) is 2.46. The Balaban J connectivity index is 1.70. The van der Waals surface area contributed by atoms with Gasteiger partial charge < -0.3 is 16.4 Å². The van der Waals surface area contributed by atoms with E-state index >= 15 is 0 Å². The van der Waals surface area contributed by atoms with Crippen molar-refractivity contribution in [1.82, 2.24) is 10.3 Å². The molecule has 0 aliphatic carbocycles. The SMILES string of the molecule is CSCC[C@H](NC(=O)c1ccccc1N)C(=O)Nc1nc(-c2ccccc2)cs1. The van der Waals surface area contributed by atoms with Crippen molar-refractivity contribution in [2.45, 2.75) is 12.5 Å². The number of hydrogen-bond donors (Lipinski definition) is 3. The number of thiazole rings is 1. The van der Waals surface area contributed by atoms with E-state index < -0.39 is 6.04 Å². The first kappa shape index (κ1) is 20.9. The summed E-state index contributed by atoms with van der Waals surface area (Å²) in [5.74, 6) is 0.0693. The molecule has 0 aliphatic heterocycles. The van der Waals surface area contributed by atoms with Crippen LogP contribution >= 0.6 is 23.1 Å². The lowest BCUT2D eigenvalue weighted by Gasteiger charge is -2.18. The van der Waals surface area contributed by atoms with E-state index in [-0.39, 0.29) is 11.8 Å². The average molecular weight is 427 g/mol.